The van der Waals surface area contributed by atoms with Gasteiger partial charge in [-0.05, 0) is 226 Å². The molecule has 0 aromatic heterocycles. The Balaban J connectivity index is 0.000000709. The van der Waals surface area contributed by atoms with Crippen LogP contribution in [0, 0.1) is 0 Å². The third kappa shape index (κ3) is 41.9. The van der Waals surface area contributed by atoms with Crippen molar-refractivity contribution >= 4 is 149 Å². The number of methoxy groups -OCH3 is 1. The molecule has 4 amide bonds. The lowest BCUT2D eigenvalue weighted by Gasteiger charge is -2.07. The number of sulfonamides is 5. The number of halogens is 2. The van der Waals surface area contributed by atoms with Crippen LogP contribution in [0.1, 0.15) is 67.6 Å². The highest BCUT2D eigenvalue weighted by Crippen LogP contribution is 2.33. The molecule has 8 rings (SSSR count). The normalized spacial score (nSPS) is 10.5. The average molecular weight is 1850 g/mol. The quantitative estimate of drug-likeness (QED) is 0.0129. The summed E-state index contributed by atoms with van der Waals surface area (Å²) in [7, 11) is -17.4. The van der Waals surface area contributed by atoms with E-state index in [1.165, 1.54) is 166 Å². The number of aromatic hydroxyl groups is 4. The number of carbonyl (C=O) groups excluding carboxylic acids is 9. The standard InChI is InChI=1S/C13H14O4.C12H14O3.C11H10Cl2O2.C10H12N2O3S.C10H11NO4S.3C9H10N2O3S/c1-3-10(14)6-4-9-5-7-11(15)8-12(9)13(16)17-2;1-8(2)11(14)6-4-9-3-5-10(13)7-12(9)15;1-6(2)10(14)5-7-3-8(12)11(15)9(13)4-7;1-7(2)10(13)12-8-3-5-9(6-4-8)16(11,14)15;1-7(2)10(12)15-8-3-5-9(6-4-8)16(11,13)14;1-2-9(12)11-7-3-5-8(6-4-7)15(10,13)14;1-2-9(12)11-7-4-3-5-8(6-7)15(10,13)14;1-2-9(12)11-7-5-3-4-6-8(7)15(10,13)14/h3,5,7-8,15H,1,4,6H2,2H3;3,5,7,13,15H,1,4,6H2,2H3;3-4,15H,1,5H2,2H3;3-6H,1H2,2H3,(H,12,13)(H2,11,14,15);3-6H,1H2,2H3,(H2,11,13,14);3*2-6H,1H2,(H,11,12)(H2,10,13,14). The molecule has 0 saturated carbocycles. The van der Waals surface area contributed by atoms with Crippen LogP contribution < -0.4 is 51.7 Å². The Labute approximate surface area is 727 Å². The molecule has 8 aromatic rings. The highest BCUT2D eigenvalue weighted by Gasteiger charge is 2.18. The molecule has 34 nitrogen and oxygen atoms in total. The molecule has 0 aliphatic heterocycles. The summed E-state index contributed by atoms with van der Waals surface area (Å²) in [6.07, 6.45) is 6.16. The van der Waals surface area contributed by atoms with Crippen molar-refractivity contribution < 1.29 is 115 Å². The van der Waals surface area contributed by atoms with E-state index >= 15 is 0 Å². The van der Waals surface area contributed by atoms with Crippen molar-refractivity contribution in [1.82, 2.24) is 0 Å². The maximum Gasteiger partial charge on any atom is 0.338 e. The van der Waals surface area contributed by atoms with Crippen LogP contribution in [0.3, 0.4) is 0 Å². The zero-order chi connectivity index (χ0) is 95.0. The smallest absolute Gasteiger partial charge is 0.338 e. The number of esters is 2. The number of primary sulfonamides is 5. The van der Waals surface area contributed by atoms with Crippen LogP contribution in [-0.2, 0) is 112 Å². The Hall–Kier alpha value is -13.2. The molecular weight excluding hydrogens is 1750 g/mol. The first-order valence-electron chi connectivity index (χ1n) is 34.8. The third-order valence-corrected chi connectivity index (χ3v) is 20.1. The number of Topliss-reactive ketones (excluding diaryl/α,β-unsaturated/α-hetero) is 2. The highest BCUT2D eigenvalue weighted by molar-refractivity contribution is 7.90. The van der Waals surface area contributed by atoms with Gasteiger partial charge in [0.1, 0.15) is 27.9 Å². The molecule has 0 spiro atoms. The fourth-order valence-corrected chi connectivity index (χ4v) is 11.8. The fraction of sp³-hybridized carbons (Fsp3) is 0.120. The molecule has 18 N–H and O–H groups in total. The van der Waals surface area contributed by atoms with Gasteiger partial charge in [0.2, 0.25) is 67.8 Å². The van der Waals surface area contributed by atoms with E-state index in [0.29, 0.717) is 69.7 Å². The molecule has 0 heterocycles. The largest absolute Gasteiger partial charge is 0.508 e. The summed E-state index contributed by atoms with van der Waals surface area (Å²) < 4.78 is 119. The van der Waals surface area contributed by atoms with Crippen LogP contribution in [-0.4, -0.2) is 123 Å². The number of amides is 4. The number of phenols is 4. The number of phenolic OH excluding ortho intramolecular Hbond substituents is 4. The number of carbonyl (C=O) groups is 9. The number of allylic oxidation sites excluding steroid dienone is 3. The van der Waals surface area contributed by atoms with E-state index < -0.39 is 73.9 Å². The molecule has 0 aliphatic rings. The Morgan fingerprint density at radius 1 is 0.427 bits per heavy atom. The number of benzene rings is 8. The predicted octanol–water partition coefficient (Wildman–Crippen LogP) is 10.5. The number of ether oxygens (including phenoxy) is 2. The van der Waals surface area contributed by atoms with Gasteiger partial charge in [-0.15, -0.1) is 0 Å². The van der Waals surface area contributed by atoms with Gasteiger partial charge in [0.15, 0.2) is 23.1 Å². The zero-order valence-electron chi connectivity index (χ0n) is 67.2. The minimum atomic E-state index is -3.84. The monoisotopic (exact) mass is 1840 g/mol. The Bertz CT molecular complexity index is 5830. The molecule has 0 fully saturated rings. The van der Waals surface area contributed by atoms with Gasteiger partial charge in [-0.3, -0.25) is 33.6 Å². The van der Waals surface area contributed by atoms with Crippen LogP contribution in [0.5, 0.6) is 28.7 Å². The highest BCUT2D eigenvalue weighted by atomic mass is 35.5. The number of hydrogen-bond acceptors (Lipinski definition) is 25. The first-order valence-corrected chi connectivity index (χ1v) is 43.3. The molecule has 0 bridgehead atoms. The zero-order valence-corrected chi connectivity index (χ0v) is 72.8. The molecular formula is C83H91Cl2N9O25S5. The molecule has 0 radical (unpaired) electrons. The Morgan fingerprint density at radius 3 is 1.27 bits per heavy atom. The second-order valence-electron chi connectivity index (χ2n) is 25.1. The Kier molecular flexibility index (Phi) is 45.3. The van der Waals surface area contributed by atoms with Crippen LogP contribution in [0.25, 0.3) is 0 Å². The number of para-hydroxylation sites is 1. The lowest BCUT2D eigenvalue weighted by atomic mass is 10.0. The SMILES string of the molecule is C=C(C)C(=O)CCc1ccc(O)cc1O.C=C(C)C(=O)Cc1cc(Cl)c(O)c(Cl)c1.C=C(C)C(=O)Nc1ccc(S(N)(=O)=O)cc1.C=C(C)C(=O)Oc1ccc(S(N)(=O)=O)cc1.C=CC(=O)CCc1ccc(O)cc1C(=O)OC.C=CC(=O)Nc1ccc(S(N)(=O)=O)cc1.C=CC(=O)Nc1cccc(S(N)(=O)=O)c1.C=CC(=O)Nc1ccccc1S(N)(=O)=O. The first kappa shape index (κ1) is 109. The van der Waals surface area contributed by atoms with Gasteiger partial charge >= 0.3 is 11.9 Å². The van der Waals surface area contributed by atoms with E-state index in [0.717, 1.165) is 18.2 Å². The van der Waals surface area contributed by atoms with Crippen molar-refractivity contribution in [2.75, 3.05) is 28.4 Å². The number of nitrogens with one attached hydrogen (secondary N) is 4. The number of anilines is 4. The van der Waals surface area contributed by atoms with Crippen molar-refractivity contribution in [3.05, 3.63) is 301 Å². The van der Waals surface area contributed by atoms with E-state index in [2.05, 4.69) is 78.6 Å². The van der Waals surface area contributed by atoms with Gasteiger partial charge in [-0.25, -0.2) is 77.4 Å². The van der Waals surface area contributed by atoms with E-state index in [1.807, 2.05) is 0 Å². The van der Waals surface area contributed by atoms with Crippen molar-refractivity contribution in [3.8, 4) is 28.7 Å². The maximum atomic E-state index is 11.5. The average Bonchev–Trinajstić information content (AvgIpc) is 0.833. The van der Waals surface area contributed by atoms with Gasteiger partial charge in [0, 0.05) is 53.5 Å². The molecule has 0 saturated heterocycles. The molecule has 662 valence electrons. The summed E-state index contributed by atoms with van der Waals surface area (Å²) >= 11 is 11.4. The van der Waals surface area contributed by atoms with Gasteiger partial charge < -0.3 is 51.2 Å². The van der Waals surface area contributed by atoms with Gasteiger partial charge in [0.05, 0.1) is 48.0 Å². The third-order valence-electron chi connectivity index (χ3n) is 14.9. The molecule has 0 unspecified atom stereocenters. The number of rotatable bonds is 27. The lowest BCUT2D eigenvalue weighted by molar-refractivity contribution is -0.130. The summed E-state index contributed by atoms with van der Waals surface area (Å²) in [5, 5.41) is 71.9. The second-order valence-corrected chi connectivity index (χ2v) is 33.7. The predicted molar refractivity (Wildman–Crippen MR) is 472 cm³/mol. The van der Waals surface area contributed by atoms with Crippen molar-refractivity contribution in [2.45, 2.75) is 84.3 Å². The maximum absolute atomic E-state index is 11.5. The lowest BCUT2D eigenvalue weighted by Crippen LogP contribution is -2.16. The molecule has 0 atom stereocenters. The fourth-order valence-electron chi connectivity index (χ4n) is 8.45. The number of aryl methyl sites for hydroxylation is 2. The molecule has 124 heavy (non-hydrogen) atoms. The minimum Gasteiger partial charge on any atom is -0.508 e. The van der Waals surface area contributed by atoms with Gasteiger partial charge in [-0.1, -0.05) is 106 Å². The van der Waals surface area contributed by atoms with Crippen LogP contribution >= 0.6 is 23.2 Å². The van der Waals surface area contributed by atoms with Crippen LogP contribution in [0.4, 0.5) is 22.7 Å². The number of nitrogens with two attached hydrogens (primary N) is 5. The van der Waals surface area contributed by atoms with E-state index in [-0.39, 0.29) is 122 Å². The summed E-state index contributed by atoms with van der Waals surface area (Å²) in [5.41, 5.74) is 5.37. The number of hydrogen-bond donors (Lipinski definition) is 13. The second kappa shape index (κ2) is 51.6. The topological polar surface area (TPSA) is 602 Å². The van der Waals surface area contributed by atoms with Gasteiger partial charge in [-0.2, -0.15) is 0 Å². The minimum absolute atomic E-state index is 0.000763. The first-order chi connectivity index (χ1) is 57.4. The van der Waals surface area contributed by atoms with Crippen molar-refractivity contribution in [1.29, 1.82) is 0 Å². The van der Waals surface area contributed by atoms with Crippen LogP contribution in [0.2, 0.25) is 10.0 Å². The number of ketones is 3. The Morgan fingerprint density at radius 2 is 0.855 bits per heavy atom. The molecule has 8 aromatic carbocycles. The summed E-state index contributed by atoms with van der Waals surface area (Å²) in [4.78, 5) is 100. The van der Waals surface area contributed by atoms with Crippen molar-refractivity contribution in [3.63, 3.8) is 0 Å². The molecule has 41 heteroatoms. The summed E-state index contributed by atoms with van der Waals surface area (Å²) in [6.45, 7) is 33.6. The van der Waals surface area contributed by atoms with E-state index in [9.17, 15) is 101 Å². The van der Waals surface area contributed by atoms with Gasteiger partial charge in [0.25, 0.3) is 5.91 Å². The molecule has 0 aliphatic carbocycles. The summed E-state index contributed by atoms with van der Waals surface area (Å²) in [6, 6.07) is 39.6. The van der Waals surface area contributed by atoms with E-state index in [1.54, 1.807) is 45.0 Å². The van der Waals surface area contributed by atoms with Crippen molar-refractivity contribution in [2.24, 2.45) is 25.7 Å². The van der Waals surface area contributed by atoms with E-state index in [4.69, 9.17) is 58.7 Å². The van der Waals surface area contributed by atoms with Crippen LogP contribution in [0.15, 0.2) is 294 Å². The summed E-state index contributed by atoms with van der Waals surface area (Å²) in [5.74, 6) is -2.76.